The van der Waals surface area contributed by atoms with Crippen LogP contribution in [0.1, 0.15) is 86.5 Å². The predicted molar refractivity (Wildman–Crippen MR) is 267 cm³/mol. The highest BCUT2D eigenvalue weighted by atomic mass is 15.2. The van der Waals surface area contributed by atoms with E-state index in [4.69, 9.17) is 5.84 Å². The lowest BCUT2D eigenvalue weighted by Gasteiger charge is -2.12. The lowest BCUT2D eigenvalue weighted by molar-refractivity contribution is 0.902. The highest BCUT2D eigenvalue weighted by Gasteiger charge is 2.16. The molecule has 0 amide bonds. The number of hydrazine groups is 1. The molecule has 1 atom stereocenters. The number of hydrogen-bond acceptors (Lipinski definition) is 2. The topological polar surface area (TPSA) is 43.0 Å². The number of aromatic nitrogens is 1. The van der Waals surface area contributed by atoms with E-state index in [0.29, 0.717) is 11.6 Å². The van der Waals surface area contributed by atoms with E-state index in [1.54, 1.807) is 0 Å². The molecule has 5 aromatic carbocycles. The van der Waals surface area contributed by atoms with Gasteiger partial charge in [-0.05, 0) is 65.0 Å². The maximum absolute atomic E-state index is 4.96. The predicted octanol–water partition coefficient (Wildman–Crippen LogP) is 15.2. The number of allylic oxidation sites excluding steroid dienone is 9. The first-order chi connectivity index (χ1) is 29.4. The molecule has 0 bridgehead atoms. The molecule has 0 aliphatic heterocycles. The van der Waals surface area contributed by atoms with E-state index in [1.807, 2.05) is 52.8 Å². The molecule has 1 aliphatic carbocycles. The molecule has 1 unspecified atom stereocenters. The van der Waals surface area contributed by atoms with Crippen LogP contribution in [0.2, 0.25) is 0 Å². The van der Waals surface area contributed by atoms with Crippen molar-refractivity contribution in [3.05, 3.63) is 252 Å². The number of rotatable bonds is 11. The number of benzene rings is 5. The summed E-state index contributed by atoms with van der Waals surface area (Å²) >= 11 is 0. The van der Waals surface area contributed by atoms with Crippen LogP contribution in [0.25, 0.3) is 34.8 Å². The molecule has 3 N–H and O–H groups in total. The number of hydrogen-bond donors (Lipinski definition) is 2. The zero-order valence-electron chi connectivity index (χ0n) is 36.7. The standard InChI is InChI=1S/C33H29N.C15H14.C5H10N2.2C2H6/c1-3-29(34-32-19-9-5-8-17-30(32)31-18-10-11-20-33(31)34)16-12-13-26-21-23-28(24-22-26)25(2)27-14-6-4-7-15-27;1-3-8-14(9-4-1)12-7-13-15-10-5-2-6-11-15;1-4(2)5(3)7-6;2*1-2/h3-18,20-25H,1,19H2,2H3;1-12H,13H2;7H,1,3,6H2,2H3;2*1-2H3/b13-12+,29-16+;12-7+;;;. The zero-order valence-corrected chi connectivity index (χ0v) is 36.7. The molecular weight excluding hydrogens is 727 g/mol. The first-order valence-corrected chi connectivity index (χ1v) is 21.1. The minimum atomic E-state index is 0.381. The molecule has 1 aliphatic rings. The molecule has 308 valence electrons. The van der Waals surface area contributed by atoms with Crippen LogP contribution in [0, 0.1) is 0 Å². The van der Waals surface area contributed by atoms with Crippen LogP contribution in [-0.4, -0.2) is 4.57 Å². The van der Waals surface area contributed by atoms with Crippen LogP contribution >= 0.6 is 0 Å². The van der Waals surface area contributed by atoms with Gasteiger partial charge in [0.2, 0.25) is 0 Å². The summed E-state index contributed by atoms with van der Waals surface area (Å²) in [6.07, 6.45) is 23.3. The largest absolute Gasteiger partial charge is 0.325 e. The maximum Gasteiger partial charge on any atom is 0.0537 e. The smallest absolute Gasteiger partial charge is 0.0537 e. The number of nitrogens with one attached hydrogen (secondary N) is 1. The Kier molecular flexibility index (Phi) is 21.5. The van der Waals surface area contributed by atoms with Crippen LogP contribution in [0.15, 0.2) is 213 Å². The van der Waals surface area contributed by atoms with Crippen molar-refractivity contribution in [2.45, 2.75) is 60.3 Å². The summed E-state index contributed by atoms with van der Waals surface area (Å²) < 4.78 is 2.34. The van der Waals surface area contributed by atoms with Crippen LogP contribution in [-0.2, 0) is 12.8 Å². The van der Waals surface area contributed by atoms with Crippen molar-refractivity contribution in [1.29, 1.82) is 0 Å². The van der Waals surface area contributed by atoms with Gasteiger partial charge in [-0.2, -0.15) is 0 Å². The van der Waals surface area contributed by atoms with Gasteiger partial charge in [-0.3, -0.25) is 5.84 Å². The quantitative estimate of drug-likeness (QED) is 0.0780. The first kappa shape index (κ1) is 47.7. The summed E-state index contributed by atoms with van der Waals surface area (Å²) in [6.45, 7) is 23.3. The molecular formula is C57H65N3. The third-order valence-corrected chi connectivity index (χ3v) is 9.59. The summed E-state index contributed by atoms with van der Waals surface area (Å²) in [5, 5.41) is 1.28. The van der Waals surface area contributed by atoms with Gasteiger partial charge in [0, 0.05) is 40.4 Å². The lowest BCUT2D eigenvalue weighted by atomic mass is 9.92. The maximum atomic E-state index is 4.96. The second kappa shape index (κ2) is 27.1. The van der Waals surface area contributed by atoms with Gasteiger partial charge in [-0.15, -0.1) is 0 Å². The summed E-state index contributed by atoms with van der Waals surface area (Å²) in [5.74, 6) is 5.34. The zero-order chi connectivity index (χ0) is 43.5. The van der Waals surface area contributed by atoms with Gasteiger partial charge in [-0.25, -0.2) is 0 Å². The number of fused-ring (bicyclic) bond motifs is 3. The van der Waals surface area contributed by atoms with Gasteiger partial charge in [0.25, 0.3) is 0 Å². The fraction of sp³-hybridized carbons (Fsp3) is 0.158. The Bertz CT molecular complexity index is 2330. The van der Waals surface area contributed by atoms with Crippen LogP contribution in [0.4, 0.5) is 0 Å². The SMILES string of the molecule is C(=C\c1ccccc1)/Cc1ccccc1.C=C(C)C(=C)NN.C=C/C(=C\C=C\c1ccc(C(C)c2ccccc2)cc1)n1c2c(c3ccccc31)C=CC=CC2.CC.CC. The van der Waals surface area contributed by atoms with Gasteiger partial charge < -0.3 is 9.99 Å². The lowest BCUT2D eigenvalue weighted by Crippen LogP contribution is -2.20. The molecule has 0 radical (unpaired) electrons. The van der Waals surface area contributed by atoms with E-state index >= 15 is 0 Å². The summed E-state index contributed by atoms with van der Waals surface area (Å²) in [5.41, 5.74) is 15.3. The third kappa shape index (κ3) is 14.6. The van der Waals surface area contributed by atoms with Gasteiger partial charge in [0.1, 0.15) is 0 Å². The Morgan fingerprint density at radius 3 is 1.88 bits per heavy atom. The van der Waals surface area contributed by atoms with Crippen molar-refractivity contribution < 1.29 is 0 Å². The average molecular weight is 792 g/mol. The molecule has 6 aromatic rings. The van der Waals surface area contributed by atoms with E-state index < -0.39 is 0 Å². The molecule has 3 heteroatoms. The number of nitrogens with zero attached hydrogens (tertiary/aromatic N) is 1. The van der Waals surface area contributed by atoms with Crippen molar-refractivity contribution in [1.82, 2.24) is 9.99 Å². The molecule has 1 heterocycles. The molecule has 0 fully saturated rings. The fourth-order valence-corrected chi connectivity index (χ4v) is 6.36. The molecule has 0 spiro atoms. The van der Waals surface area contributed by atoms with E-state index in [2.05, 4.69) is 219 Å². The fourth-order valence-electron chi connectivity index (χ4n) is 6.36. The average Bonchev–Trinajstić information content (AvgIpc) is 3.43. The minimum Gasteiger partial charge on any atom is -0.325 e. The van der Waals surface area contributed by atoms with Gasteiger partial charge in [0.05, 0.1) is 5.52 Å². The summed E-state index contributed by atoms with van der Waals surface area (Å²) in [6, 6.07) is 49.0. The first-order valence-electron chi connectivity index (χ1n) is 21.1. The second-order valence-corrected chi connectivity index (χ2v) is 13.6. The number of para-hydroxylation sites is 1. The molecule has 0 saturated heterocycles. The molecule has 60 heavy (non-hydrogen) atoms. The second-order valence-electron chi connectivity index (χ2n) is 13.6. The third-order valence-electron chi connectivity index (χ3n) is 9.59. The Morgan fingerprint density at radius 1 is 0.717 bits per heavy atom. The highest BCUT2D eigenvalue weighted by Crippen LogP contribution is 2.32. The van der Waals surface area contributed by atoms with Crippen molar-refractivity contribution in [2.24, 2.45) is 5.84 Å². The summed E-state index contributed by atoms with van der Waals surface area (Å²) in [7, 11) is 0. The van der Waals surface area contributed by atoms with E-state index in [-0.39, 0.29) is 0 Å². The molecule has 0 saturated carbocycles. The van der Waals surface area contributed by atoms with Gasteiger partial charge >= 0.3 is 0 Å². The van der Waals surface area contributed by atoms with Crippen LogP contribution in [0.3, 0.4) is 0 Å². The Morgan fingerprint density at radius 2 is 1.28 bits per heavy atom. The Hall–Kier alpha value is -6.68. The molecule has 7 rings (SSSR count). The van der Waals surface area contributed by atoms with Crippen molar-refractivity contribution in [3.63, 3.8) is 0 Å². The normalized spacial score (nSPS) is 11.9. The molecule has 1 aromatic heterocycles. The minimum absolute atomic E-state index is 0.381. The van der Waals surface area contributed by atoms with Crippen molar-refractivity contribution in [3.8, 4) is 0 Å². The Balaban J connectivity index is 0.000000305. The van der Waals surface area contributed by atoms with E-state index in [0.717, 1.165) is 24.1 Å². The summed E-state index contributed by atoms with van der Waals surface area (Å²) in [4.78, 5) is 0. The number of nitrogens with two attached hydrogens (primary N) is 1. The van der Waals surface area contributed by atoms with Crippen molar-refractivity contribution in [2.75, 3.05) is 0 Å². The molecule has 3 nitrogen and oxygen atoms in total. The van der Waals surface area contributed by atoms with Gasteiger partial charge in [-0.1, -0.05) is 236 Å². The van der Waals surface area contributed by atoms with Crippen LogP contribution < -0.4 is 11.3 Å². The highest BCUT2D eigenvalue weighted by molar-refractivity contribution is 5.95. The van der Waals surface area contributed by atoms with E-state index in [1.165, 1.54) is 50.0 Å². The van der Waals surface area contributed by atoms with Gasteiger partial charge in [0.15, 0.2) is 0 Å². The Labute approximate surface area is 361 Å². The van der Waals surface area contributed by atoms with E-state index in [9.17, 15) is 0 Å². The van der Waals surface area contributed by atoms with Crippen molar-refractivity contribution >= 4 is 34.8 Å². The monoisotopic (exact) mass is 792 g/mol. The van der Waals surface area contributed by atoms with Crippen LogP contribution in [0.5, 0.6) is 0 Å².